The largest absolute Gasteiger partial charge is 0.484 e. The molecule has 0 aliphatic heterocycles. The summed E-state index contributed by atoms with van der Waals surface area (Å²) in [6.45, 7) is 1.78. The van der Waals surface area contributed by atoms with Gasteiger partial charge in [0.2, 0.25) is 0 Å². The van der Waals surface area contributed by atoms with E-state index in [4.69, 9.17) is 16.3 Å². The first-order chi connectivity index (χ1) is 8.48. The lowest BCUT2D eigenvalue weighted by molar-refractivity contribution is -0.124. The van der Waals surface area contributed by atoms with Gasteiger partial charge in [-0.05, 0) is 25.5 Å². The van der Waals surface area contributed by atoms with E-state index in [9.17, 15) is 9.18 Å². The molecule has 5 heteroatoms. The summed E-state index contributed by atoms with van der Waals surface area (Å²) in [5.41, 5.74) is -0.272. The van der Waals surface area contributed by atoms with Gasteiger partial charge in [0.1, 0.15) is 11.6 Å². The molecule has 0 saturated heterocycles. The highest BCUT2D eigenvalue weighted by Gasteiger charge is 2.27. The van der Waals surface area contributed by atoms with E-state index in [-0.39, 0.29) is 28.8 Å². The van der Waals surface area contributed by atoms with E-state index in [0.717, 1.165) is 12.5 Å². The summed E-state index contributed by atoms with van der Waals surface area (Å²) >= 11 is 5.54. The van der Waals surface area contributed by atoms with Crippen LogP contribution in [0.25, 0.3) is 0 Å². The summed E-state index contributed by atoms with van der Waals surface area (Å²) in [7, 11) is 0. The molecule has 0 bridgehead atoms. The van der Waals surface area contributed by atoms with Crippen LogP contribution in [0.2, 0.25) is 5.02 Å². The van der Waals surface area contributed by atoms with E-state index in [2.05, 4.69) is 5.32 Å². The van der Waals surface area contributed by atoms with Crippen LogP contribution < -0.4 is 10.1 Å². The van der Waals surface area contributed by atoms with Gasteiger partial charge in [-0.15, -0.1) is 0 Å². The molecule has 1 N–H and O–H groups in total. The Bertz CT molecular complexity index is 504. The van der Waals surface area contributed by atoms with E-state index in [1.807, 2.05) is 19.1 Å². The SMILES string of the molecule is CC1(NC(=O)COc2ccc(Cl)c(F)c2)C=CC1. The number of hydrogen-bond donors (Lipinski definition) is 1. The Kier molecular flexibility index (Phi) is 3.57. The van der Waals surface area contributed by atoms with Crippen LogP contribution in [0.1, 0.15) is 13.3 Å². The third-order valence-corrected chi connectivity index (χ3v) is 3.02. The van der Waals surface area contributed by atoms with Crippen molar-refractivity contribution in [2.24, 2.45) is 0 Å². The summed E-state index contributed by atoms with van der Waals surface area (Å²) < 4.78 is 18.3. The van der Waals surface area contributed by atoms with Gasteiger partial charge in [-0.1, -0.05) is 23.8 Å². The predicted octanol–water partition coefficient (Wildman–Crippen LogP) is 2.69. The van der Waals surface area contributed by atoms with Gasteiger partial charge in [-0.25, -0.2) is 4.39 Å². The molecule has 96 valence electrons. The van der Waals surface area contributed by atoms with Crippen molar-refractivity contribution in [3.8, 4) is 5.75 Å². The molecule has 2 rings (SSSR count). The Morgan fingerprint density at radius 3 is 2.89 bits per heavy atom. The number of rotatable bonds is 4. The van der Waals surface area contributed by atoms with Gasteiger partial charge in [-0.3, -0.25) is 4.79 Å². The minimum atomic E-state index is -0.566. The van der Waals surface area contributed by atoms with Crippen LogP contribution in [0.5, 0.6) is 5.75 Å². The Labute approximate surface area is 110 Å². The normalized spacial score (nSPS) is 21.3. The number of benzene rings is 1. The molecule has 0 saturated carbocycles. The summed E-state index contributed by atoms with van der Waals surface area (Å²) in [6, 6.07) is 4.06. The van der Waals surface area contributed by atoms with Crippen LogP contribution in [0.3, 0.4) is 0 Å². The predicted molar refractivity (Wildman–Crippen MR) is 67.2 cm³/mol. The number of halogens is 2. The first kappa shape index (κ1) is 12.9. The van der Waals surface area contributed by atoms with Gasteiger partial charge in [0.25, 0.3) is 5.91 Å². The molecular formula is C13H13ClFNO2. The summed E-state index contributed by atoms with van der Waals surface area (Å²) in [5, 5.41) is 2.85. The number of amides is 1. The lowest BCUT2D eigenvalue weighted by Gasteiger charge is -2.32. The topological polar surface area (TPSA) is 38.3 Å². The minimum Gasteiger partial charge on any atom is -0.484 e. The summed E-state index contributed by atoms with van der Waals surface area (Å²) in [5.74, 6) is -0.526. The van der Waals surface area contributed by atoms with Crippen LogP contribution in [0, 0.1) is 5.82 Å². The molecule has 0 spiro atoms. The smallest absolute Gasteiger partial charge is 0.258 e. The van der Waals surface area contributed by atoms with E-state index in [1.165, 1.54) is 12.1 Å². The van der Waals surface area contributed by atoms with E-state index in [0.29, 0.717) is 0 Å². The molecule has 0 heterocycles. The monoisotopic (exact) mass is 269 g/mol. The Balaban J connectivity index is 1.85. The van der Waals surface area contributed by atoms with Crippen molar-refractivity contribution in [1.29, 1.82) is 0 Å². The maximum atomic E-state index is 13.1. The van der Waals surface area contributed by atoms with Crippen molar-refractivity contribution >= 4 is 17.5 Å². The van der Waals surface area contributed by atoms with Gasteiger partial charge in [-0.2, -0.15) is 0 Å². The number of carbonyl (C=O) groups excluding carboxylic acids is 1. The van der Waals surface area contributed by atoms with Gasteiger partial charge >= 0.3 is 0 Å². The third-order valence-electron chi connectivity index (χ3n) is 2.71. The molecule has 0 fully saturated rings. The highest BCUT2D eigenvalue weighted by Crippen LogP contribution is 2.22. The van der Waals surface area contributed by atoms with Gasteiger partial charge in [0, 0.05) is 6.07 Å². The molecule has 1 aromatic carbocycles. The quantitative estimate of drug-likeness (QED) is 0.854. The average molecular weight is 270 g/mol. The van der Waals surface area contributed by atoms with Gasteiger partial charge in [0.05, 0.1) is 10.6 Å². The van der Waals surface area contributed by atoms with Crippen molar-refractivity contribution < 1.29 is 13.9 Å². The first-order valence-electron chi connectivity index (χ1n) is 5.55. The lowest BCUT2D eigenvalue weighted by Crippen LogP contribution is -2.49. The molecule has 1 unspecified atom stereocenters. The van der Waals surface area contributed by atoms with Crippen LogP contribution in [-0.4, -0.2) is 18.1 Å². The van der Waals surface area contributed by atoms with E-state index in [1.54, 1.807) is 0 Å². The second kappa shape index (κ2) is 4.98. The van der Waals surface area contributed by atoms with Crippen LogP contribution in [-0.2, 0) is 4.79 Å². The third kappa shape index (κ3) is 3.01. The fourth-order valence-electron chi connectivity index (χ4n) is 1.63. The van der Waals surface area contributed by atoms with E-state index >= 15 is 0 Å². The molecule has 18 heavy (non-hydrogen) atoms. The molecule has 0 aromatic heterocycles. The van der Waals surface area contributed by atoms with E-state index < -0.39 is 5.82 Å². The van der Waals surface area contributed by atoms with Crippen molar-refractivity contribution in [2.45, 2.75) is 18.9 Å². The van der Waals surface area contributed by atoms with Crippen molar-refractivity contribution in [2.75, 3.05) is 6.61 Å². The molecule has 3 nitrogen and oxygen atoms in total. The molecular weight excluding hydrogens is 257 g/mol. The molecule has 1 atom stereocenters. The van der Waals surface area contributed by atoms with Gasteiger partial charge in [0.15, 0.2) is 6.61 Å². The zero-order valence-electron chi connectivity index (χ0n) is 9.87. The molecule has 1 aliphatic carbocycles. The number of ether oxygens (including phenoxy) is 1. The van der Waals surface area contributed by atoms with Gasteiger partial charge < -0.3 is 10.1 Å². The highest BCUT2D eigenvalue weighted by molar-refractivity contribution is 6.30. The fourth-order valence-corrected chi connectivity index (χ4v) is 1.75. The lowest BCUT2D eigenvalue weighted by atomic mass is 9.88. The van der Waals surface area contributed by atoms with Crippen molar-refractivity contribution in [1.82, 2.24) is 5.32 Å². The average Bonchev–Trinajstić information content (AvgIpc) is 2.29. The second-order valence-electron chi connectivity index (χ2n) is 4.44. The molecule has 1 aromatic rings. The van der Waals surface area contributed by atoms with Crippen LogP contribution in [0.4, 0.5) is 4.39 Å². The Morgan fingerprint density at radius 2 is 2.33 bits per heavy atom. The van der Waals surface area contributed by atoms with Crippen molar-refractivity contribution in [3.63, 3.8) is 0 Å². The number of nitrogens with one attached hydrogen (secondary N) is 1. The Hall–Kier alpha value is -1.55. The minimum absolute atomic E-state index is 0.0268. The Morgan fingerprint density at radius 1 is 1.61 bits per heavy atom. The fraction of sp³-hybridized carbons (Fsp3) is 0.308. The van der Waals surface area contributed by atoms with Crippen LogP contribution in [0.15, 0.2) is 30.4 Å². The number of carbonyl (C=O) groups is 1. The molecule has 1 aliphatic rings. The highest BCUT2D eigenvalue weighted by atomic mass is 35.5. The first-order valence-corrected chi connectivity index (χ1v) is 5.93. The zero-order chi connectivity index (χ0) is 13.2. The maximum absolute atomic E-state index is 13.1. The zero-order valence-corrected chi connectivity index (χ0v) is 10.6. The number of hydrogen-bond acceptors (Lipinski definition) is 2. The standard InChI is InChI=1S/C13H13ClFNO2/c1-13(5-2-6-13)16-12(17)8-18-9-3-4-10(14)11(15)7-9/h2-5,7H,6,8H2,1H3,(H,16,17). The van der Waals surface area contributed by atoms with Crippen molar-refractivity contribution in [3.05, 3.63) is 41.2 Å². The molecule has 0 radical (unpaired) electrons. The van der Waals surface area contributed by atoms with Crippen LogP contribution >= 0.6 is 11.6 Å². The maximum Gasteiger partial charge on any atom is 0.258 e. The summed E-state index contributed by atoms with van der Waals surface area (Å²) in [4.78, 5) is 11.6. The molecule has 1 amide bonds. The summed E-state index contributed by atoms with van der Waals surface area (Å²) in [6.07, 6.45) is 4.72. The second-order valence-corrected chi connectivity index (χ2v) is 4.84.